The van der Waals surface area contributed by atoms with Crippen molar-refractivity contribution in [3.8, 4) is 0 Å². The van der Waals surface area contributed by atoms with Crippen molar-refractivity contribution in [3.05, 3.63) is 24.3 Å². The average Bonchev–Trinajstić information content (AvgIpc) is 2.74. The van der Waals surface area contributed by atoms with Crippen molar-refractivity contribution in [1.29, 1.82) is 0 Å². The van der Waals surface area contributed by atoms with E-state index in [-0.39, 0.29) is 4.08 Å². The second-order valence-electron chi connectivity index (χ2n) is 4.82. The molecule has 1 saturated heterocycles. The van der Waals surface area contributed by atoms with Crippen LogP contribution in [0, 0.1) is 0 Å². The van der Waals surface area contributed by atoms with Crippen LogP contribution < -0.4 is 0 Å². The molecule has 1 atom stereocenters. The van der Waals surface area contributed by atoms with Gasteiger partial charge in [-0.05, 0) is 56.1 Å². The number of aliphatic hydroxyl groups is 1. The summed E-state index contributed by atoms with van der Waals surface area (Å²) in [5.74, 6) is 2.33. The van der Waals surface area contributed by atoms with E-state index in [2.05, 4.69) is 19.6 Å². The SMILES string of the molecule is C=CCC1(C2(O)CCCC2=CC)SCCCS1. The van der Waals surface area contributed by atoms with Gasteiger partial charge in [-0.25, -0.2) is 0 Å². The summed E-state index contributed by atoms with van der Waals surface area (Å²) in [5.41, 5.74) is 0.646. The summed E-state index contributed by atoms with van der Waals surface area (Å²) in [6.07, 6.45) is 9.37. The quantitative estimate of drug-likeness (QED) is 0.783. The maximum Gasteiger partial charge on any atom is 0.110 e. The molecule has 2 fully saturated rings. The fourth-order valence-corrected chi connectivity index (χ4v) is 6.68. The van der Waals surface area contributed by atoms with Gasteiger partial charge in [-0.3, -0.25) is 0 Å². The third-order valence-corrected chi connectivity index (χ3v) is 7.50. The number of rotatable bonds is 3. The Balaban J connectivity index is 2.34. The minimum absolute atomic E-state index is 0.0780. The van der Waals surface area contributed by atoms with Gasteiger partial charge in [-0.1, -0.05) is 12.2 Å². The van der Waals surface area contributed by atoms with Crippen molar-refractivity contribution in [3.63, 3.8) is 0 Å². The van der Waals surface area contributed by atoms with Gasteiger partial charge in [0.1, 0.15) is 5.60 Å². The van der Waals surface area contributed by atoms with Crippen LogP contribution in [0.25, 0.3) is 0 Å². The Bertz CT molecular complexity index is 318. The van der Waals surface area contributed by atoms with Crippen molar-refractivity contribution < 1.29 is 5.11 Å². The van der Waals surface area contributed by atoms with Crippen LogP contribution in [0.3, 0.4) is 0 Å². The zero-order valence-electron chi connectivity index (χ0n) is 10.6. The van der Waals surface area contributed by atoms with Crippen LogP contribution in [0.2, 0.25) is 0 Å². The Morgan fingerprint density at radius 1 is 1.35 bits per heavy atom. The molecule has 1 N–H and O–H groups in total. The third kappa shape index (κ3) is 2.22. The lowest BCUT2D eigenvalue weighted by molar-refractivity contribution is 0.0721. The van der Waals surface area contributed by atoms with E-state index in [0.717, 1.165) is 25.7 Å². The van der Waals surface area contributed by atoms with E-state index in [4.69, 9.17) is 0 Å². The molecule has 2 aliphatic rings. The monoisotopic (exact) mass is 270 g/mol. The standard InChI is InChI=1S/C14H22OS2/c1-3-8-14(16-10-6-11-17-14)13(15)9-5-7-12(13)4-2/h3-4,15H,1,5-11H2,2H3. The van der Waals surface area contributed by atoms with Crippen LogP contribution in [-0.4, -0.2) is 26.3 Å². The van der Waals surface area contributed by atoms with Crippen LogP contribution in [0.5, 0.6) is 0 Å². The molecule has 3 heteroatoms. The van der Waals surface area contributed by atoms with E-state index >= 15 is 0 Å². The van der Waals surface area contributed by atoms with Crippen molar-refractivity contribution >= 4 is 23.5 Å². The Labute approximate surface area is 113 Å². The largest absolute Gasteiger partial charge is 0.383 e. The number of allylic oxidation sites excluding steroid dienone is 2. The van der Waals surface area contributed by atoms with Gasteiger partial charge in [0.25, 0.3) is 0 Å². The van der Waals surface area contributed by atoms with Crippen LogP contribution >= 0.6 is 23.5 Å². The Morgan fingerprint density at radius 3 is 2.65 bits per heavy atom. The van der Waals surface area contributed by atoms with Gasteiger partial charge < -0.3 is 5.11 Å². The topological polar surface area (TPSA) is 20.2 Å². The minimum atomic E-state index is -0.605. The molecule has 0 amide bonds. The van der Waals surface area contributed by atoms with Crippen LogP contribution in [-0.2, 0) is 0 Å². The molecule has 1 unspecified atom stereocenters. The first kappa shape index (κ1) is 13.6. The molecule has 1 nitrogen and oxygen atoms in total. The maximum absolute atomic E-state index is 11.2. The summed E-state index contributed by atoms with van der Waals surface area (Å²) in [6.45, 7) is 5.96. The minimum Gasteiger partial charge on any atom is -0.383 e. The zero-order valence-corrected chi connectivity index (χ0v) is 12.2. The summed E-state index contributed by atoms with van der Waals surface area (Å²) >= 11 is 3.90. The highest BCUT2D eigenvalue weighted by molar-refractivity contribution is 8.18. The van der Waals surface area contributed by atoms with E-state index in [9.17, 15) is 5.11 Å². The molecule has 1 heterocycles. The molecule has 0 aromatic heterocycles. The molecule has 0 radical (unpaired) electrons. The van der Waals surface area contributed by atoms with Gasteiger partial charge >= 0.3 is 0 Å². The average molecular weight is 270 g/mol. The Hall–Kier alpha value is 0.140. The predicted octanol–water partition coefficient (Wildman–Crippen LogP) is 3.99. The molecule has 0 aromatic carbocycles. The highest BCUT2D eigenvalue weighted by Gasteiger charge is 2.54. The lowest BCUT2D eigenvalue weighted by Crippen LogP contribution is -2.50. The molecule has 1 saturated carbocycles. The molecule has 96 valence electrons. The number of thioether (sulfide) groups is 2. The van der Waals surface area contributed by atoms with Gasteiger partial charge in [0.05, 0.1) is 4.08 Å². The maximum atomic E-state index is 11.2. The Morgan fingerprint density at radius 2 is 2.06 bits per heavy atom. The highest BCUT2D eigenvalue weighted by atomic mass is 32.2. The molecule has 1 aliphatic heterocycles. The summed E-state index contributed by atoms with van der Waals surface area (Å²) in [5, 5.41) is 11.2. The van der Waals surface area contributed by atoms with Gasteiger partial charge in [-0.2, -0.15) is 0 Å². The molecular formula is C14H22OS2. The van der Waals surface area contributed by atoms with Crippen molar-refractivity contribution in [2.75, 3.05) is 11.5 Å². The van der Waals surface area contributed by atoms with E-state index in [0.29, 0.717) is 0 Å². The van der Waals surface area contributed by atoms with E-state index in [1.807, 2.05) is 29.6 Å². The van der Waals surface area contributed by atoms with E-state index < -0.39 is 5.60 Å². The predicted molar refractivity (Wildman–Crippen MR) is 79.6 cm³/mol. The third-order valence-electron chi connectivity index (χ3n) is 3.87. The van der Waals surface area contributed by atoms with Crippen LogP contribution in [0.15, 0.2) is 24.3 Å². The second-order valence-corrected chi connectivity index (χ2v) is 7.87. The smallest absolute Gasteiger partial charge is 0.110 e. The molecular weight excluding hydrogens is 248 g/mol. The molecule has 2 rings (SSSR count). The van der Waals surface area contributed by atoms with Gasteiger partial charge in [0, 0.05) is 0 Å². The second kappa shape index (κ2) is 5.41. The lowest BCUT2D eigenvalue weighted by Gasteiger charge is -2.47. The Kier molecular flexibility index (Phi) is 4.32. The first-order chi connectivity index (χ1) is 8.18. The highest BCUT2D eigenvalue weighted by Crippen LogP contribution is 2.58. The lowest BCUT2D eigenvalue weighted by atomic mass is 9.90. The first-order valence-corrected chi connectivity index (χ1v) is 8.42. The summed E-state index contributed by atoms with van der Waals surface area (Å²) in [7, 11) is 0. The molecule has 0 aromatic rings. The summed E-state index contributed by atoms with van der Waals surface area (Å²) in [4.78, 5) is 0. The normalized spacial score (nSPS) is 35.1. The van der Waals surface area contributed by atoms with Crippen LogP contribution in [0.4, 0.5) is 0 Å². The first-order valence-electron chi connectivity index (χ1n) is 6.45. The number of hydrogen-bond acceptors (Lipinski definition) is 3. The zero-order chi connectivity index (χ0) is 12.4. The summed E-state index contributed by atoms with van der Waals surface area (Å²) in [6, 6.07) is 0. The van der Waals surface area contributed by atoms with Gasteiger partial charge in [0.2, 0.25) is 0 Å². The van der Waals surface area contributed by atoms with Crippen molar-refractivity contribution in [2.24, 2.45) is 0 Å². The molecule has 1 aliphatic carbocycles. The number of hydrogen-bond donors (Lipinski definition) is 1. The van der Waals surface area contributed by atoms with E-state index in [1.54, 1.807) is 0 Å². The van der Waals surface area contributed by atoms with E-state index in [1.165, 1.54) is 23.5 Å². The molecule has 17 heavy (non-hydrogen) atoms. The van der Waals surface area contributed by atoms with Crippen LogP contribution in [0.1, 0.15) is 39.0 Å². The summed E-state index contributed by atoms with van der Waals surface area (Å²) < 4.78 is -0.0780. The van der Waals surface area contributed by atoms with Crippen molar-refractivity contribution in [2.45, 2.75) is 48.7 Å². The fourth-order valence-electron chi connectivity index (χ4n) is 3.01. The molecule has 0 bridgehead atoms. The molecule has 0 spiro atoms. The van der Waals surface area contributed by atoms with Gasteiger partial charge in [-0.15, -0.1) is 30.1 Å². The van der Waals surface area contributed by atoms with Crippen molar-refractivity contribution in [1.82, 2.24) is 0 Å². The van der Waals surface area contributed by atoms with Gasteiger partial charge in [0.15, 0.2) is 0 Å². The fraction of sp³-hybridized carbons (Fsp3) is 0.714.